The summed E-state index contributed by atoms with van der Waals surface area (Å²) in [6.45, 7) is -0.334. The van der Waals surface area contributed by atoms with Gasteiger partial charge in [0.2, 0.25) is 0 Å². The average molecular weight is 322 g/mol. The molecule has 118 valence electrons. The Bertz CT molecular complexity index is 557. The molecular weight excluding hydrogens is 304 g/mol. The van der Waals surface area contributed by atoms with Crippen molar-refractivity contribution in [3.05, 3.63) is 29.8 Å². The fourth-order valence-corrected chi connectivity index (χ4v) is 2.23. The predicted molar refractivity (Wildman–Crippen MR) is 83.8 cm³/mol. The Balaban J connectivity index is 2.81. The second kappa shape index (κ2) is 9.68. The first kappa shape index (κ1) is 17.9. The molecule has 1 rings (SSSR count). The molecule has 1 atom stereocenters. The van der Waals surface area contributed by atoms with Gasteiger partial charge in [-0.25, -0.2) is 4.79 Å². The van der Waals surface area contributed by atoms with Crippen molar-refractivity contribution >= 4 is 23.6 Å². The molecule has 1 aromatic carbocycles. The zero-order valence-corrected chi connectivity index (χ0v) is 13.3. The minimum atomic E-state index is -0.793. The lowest BCUT2D eigenvalue weighted by Crippen LogP contribution is -2.42. The number of nitrogens with one attached hydrogen (secondary N) is 1. The minimum absolute atomic E-state index is 0.334. The summed E-state index contributed by atoms with van der Waals surface area (Å²) in [5, 5.41) is 11.1. The molecule has 6 nitrogen and oxygen atoms in total. The van der Waals surface area contributed by atoms with Crippen LogP contribution in [0, 0.1) is 11.3 Å². The van der Waals surface area contributed by atoms with Gasteiger partial charge < -0.3 is 14.8 Å². The van der Waals surface area contributed by atoms with E-state index in [0.717, 1.165) is 0 Å². The summed E-state index contributed by atoms with van der Waals surface area (Å²) in [5.74, 6) is 0.0729. The molecule has 0 spiro atoms. The second-order valence-electron chi connectivity index (χ2n) is 4.27. The molecule has 1 unspecified atom stereocenters. The summed E-state index contributed by atoms with van der Waals surface area (Å²) >= 11 is 1.55. The maximum absolute atomic E-state index is 12.3. The van der Waals surface area contributed by atoms with Crippen LogP contribution in [0.25, 0.3) is 0 Å². The number of rotatable bonds is 8. The number of methoxy groups -OCH3 is 1. The topological polar surface area (TPSA) is 88.4 Å². The van der Waals surface area contributed by atoms with Crippen molar-refractivity contribution in [1.82, 2.24) is 5.32 Å². The molecule has 1 amide bonds. The third-order valence-corrected chi connectivity index (χ3v) is 3.48. The maximum Gasteiger partial charge on any atom is 0.329 e. The molecule has 0 aromatic heterocycles. The van der Waals surface area contributed by atoms with Gasteiger partial charge in [0.1, 0.15) is 17.9 Å². The van der Waals surface area contributed by atoms with E-state index in [2.05, 4.69) is 5.32 Å². The quantitative estimate of drug-likeness (QED) is 0.732. The Morgan fingerprint density at radius 1 is 1.41 bits per heavy atom. The fourth-order valence-electron chi connectivity index (χ4n) is 1.76. The summed E-state index contributed by atoms with van der Waals surface area (Å²) in [7, 11) is 1.47. The number of esters is 1. The van der Waals surface area contributed by atoms with Gasteiger partial charge in [-0.1, -0.05) is 12.1 Å². The molecule has 0 heterocycles. The number of thioether (sulfide) groups is 1. The Morgan fingerprint density at radius 2 is 2.14 bits per heavy atom. The number of hydrogen-bond acceptors (Lipinski definition) is 6. The van der Waals surface area contributed by atoms with Crippen LogP contribution in [0.5, 0.6) is 5.75 Å². The van der Waals surface area contributed by atoms with Crippen LogP contribution in [0.3, 0.4) is 0 Å². The van der Waals surface area contributed by atoms with Gasteiger partial charge in [0, 0.05) is 0 Å². The number of amides is 1. The molecule has 0 aliphatic rings. The van der Waals surface area contributed by atoms with Crippen molar-refractivity contribution in [2.75, 3.05) is 25.7 Å². The number of carbonyl (C=O) groups is 2. The molecule has 0 saturated heterocycles. The molecule has 1 N–H and O–H groups in total. The first-order valence-corrected chi connectivity index (χ1v) is 7.99. The van der Waals surface area contributed by atoms with E-state index < -0.39 is 17.9 Å². The Labute approximate surface area is 133 Å². The van der Waals surface area contributed by atoms with Crippen molar-refractivity contribution in [3.8, 4) is 11.8 Å². The van der Waals surface area contributed by atoms with Crippen LogP contribution in [0.15, 0.2) is 24.3 Å². The standard InChI is InChI=1S/C15H18N2O4S/c1-20-13-6-4-3-5-11(13)14(18)17-12(7-10-22-2)15(19)21-9-8-16/h3-6,12H,7,9-10H2,1-2H3,(H,17,18). The van der Waals surface area contributed by atoms with Gasteiger partial charge >= 0.3 is 5.97 Å². The third kappa shape index (κ3) is 5.30. The number of benzene rings is 1. The fraction of sp³-hybridized carbons (Fsp3) is 0.400. The van der Waals surface area contributed by atoms with Crippen molar-refractivity contribution < 1.29 is 19.1 Å². The molecular formula is C15H18N2O4S. The Morgan fingerprint density at radius 3 is 2.77 bits per heavy atom. The molecule has 1 aromatic rings. The van der Waals surface area contributed by atoms with Crippen LogP contribution < -0.4 is 10.1 Å². The number of carbonyl (C=O) groups excluding carboxylic acids is 2. The molecule has 0 radical (unpaired) electrons. The predicted octanol–water partition coefficient (Wildman–Crippen LogP) is 1.61. The van der Waals surface area contributed by atoms with E-state index in [9.17, 15) is 9.59 Å². The Hall–Kier alpha value is -2.20. The minimum Gasteiger partial charge on any atom is -0.496 e. The highest BCUT2D eigenvalue weighted by Gasteiger charge is 2.23. The summed E-state index contributed by atoms with van der Waals surface area (Å²) in [6.07, 6.45) is 2.33. The smallest absolute Gasteiger partial charge is 0.329 e. The van der Waals surface area contributed by atoms with Gasteiger partial charge in [-0.2, -0.15) is 17.0 Å². The van der Waals surface area contributed by atoms with Crippen LogP contribution in [0.1, 0.15) is 16.8 Å². The first-order valence-electron chi connectivity index (χ1n) is 6.60. The van der Waals surface area contributed by atoms with Crippen LogP contribution in [0.2, 0.25) is 0 Å². The highest BCUT2D eigenvalue weighted by molar-refractivity contribution is 7.98. The maximum atomic E-state index is 12.3. The number of hydrogen-bond donors (Lipinski definition) is 1. The van der Waals surface area contributed by atoms with E-state index in [-0.39, 0.29) is 6.61 Å². The molecule has 7 heteroatoms. The largest absolute Gasteiger partial charge is 0.496 e. The van der Waals surface area contributed by atoms with E-state index in [4.69, 9.17) is 14.7 Å². The normalized spacial score (nSPS) is 11.1. The van der Waals surface area contributed by atoms with Crippen LogP contribution in [-0.4, -0.2) is 43.6 Å². The third-order valence-electron chi connectivity index (χ3n) is 2.83. The van der Waals surface area contributed by atoms with E-state index in [1.165, 1.54) is 7.11 Å². The average Bonchev–Trinajstić information content (AvgIpc) is 2.55. The molecule has 22 heavy (non-hydrogen) atoms. The lowest BCUT2D eigenvalue weighted by Gasteiger charge is -2.17. The van der Waals surface area contributed by atoms with Crippen molar-refractivity contribution in [1.29, 1.82) is 5.26 Å². The number of nitriles is 1. The van der Waals surface area contributed by atoms with Crippen molar-refractivity contribution in [3.63, 3.8) is 0 Å². The van der Waals surface area contributed by atoms with E-state index in [1.54, 1.807) is 42.1 Å². The monoisotopic (exact) mass is 322 g/mol. The SMILES string of the molecule is COc1ccccc1C(=O)NC(CCSC)C(=O)OCC#N. The van der Waals surface area contributed by atoms with Gasteiger partial charge in [0.15, 0.2) is 6.61 Å². The van der Waals surface area contributed by atoms with Gasteiger partial charge in [0.25, 0.3) is 5.91 Å². The lowest BCUT2D eigenvalue weighted by molar-refractivity contribution is -0.144. The van der Waals surface area contributed by atoms with Crippen LogP contribution >= 0.6 is 11.8 Å². The summed E-state index contributed by atoms with van der Waals surface area (Å²) in [4.78, 5) is 24.2. The van der Waals surface area contributed by atoms with E-state index in [1.807, 2.05) is 6.26 Å². The van der Waals surface area contributed by atoms with Gasteiger partial charge in [-0.15, -0.1) is 0 Å². The molecule has 0 fully saturated rings. The summed E-state index contributed by atoms with van der Waals surface area (Å²) in [6, 6.07) is 7.68. The zero-order valence-electron chi connectivity index (χ0n) is 12.5. The van der Waals surface area contributed by atoms with Crippen LogP contribution in [-0.2, 0) is 9.53 Å². The molecule has 0 bridgehead atoms. The van der Waals surface area contributed by atoms with E-state index in [0.29, 0.717) is 23.5 Å². The zero-order chi connectivity index (χ0) is 16.4. The summed E-state index contributed by atoms with van der Waals surface area (Å²) in [5.41, 5.74) is 0.340. The molecule has 0 aliphatic carbocycles. The highest BCUT2D eigenvalue weighted by Crippen LogP contribution is 2.17. The van der Waals surface area contributed by atoms with Crippen molar-refractivity contribution in [2.45, 2.75) is 12.5 Å². The van der Waals surface area contributed by atoms with E-state index >= 15 is 0 Å². The molecule has 0 saturated carbocycles. The van der Waals surface area contributed by atoms with Crippen LogP contribution in [0.4, 0.5) is 0 Å². The lowest BCUT2D eigenvalue weighted by atomic mass is 10.1. The Kier molecular flexibility index (Phi) is 7.86. The van der Waals surface area contributed by atoms with Crippen molar-refractivity contribution in [2.24, 2.45) is 0 Å². The number of ether oxygens (including phenoxy) is 2. The first-order chi connectivity index (χ1) is 10.6. The van der Waals surface area contributed by atoms with Gasteiger partial charge in [-0.3, -0.25) is 4.79 Å². The number of para-hydroxylation sites is 1. The van der Waals surface area contributed by atoms with Gasteiger partial charge in [0.05, 0.1) is 12.7 Å². The van der Waals surface area contributed by atoms with Gasteiger partial charge in [-0.05, 0) is 30.6 Å². The second-order valence-corrected chi connectivity index (χ2v) is 5.26. The summed E-state index contributed by atoms with van der Waals surface area (Å²) < 4.78 is 9.92. The highest BCUT2D eigenvalue weighted by atomic mass is 32.2. The molecule has 0 aliphatic heterocycles. The number of nitrogens with zero attached hydrogens (tertiary/aromatic N) is 1.